The number of rotatable bonds is 3. The Hall–Kier alpha value is -2.06. The van der Waals surface area contributed by atoms with Gasteiger partial charge in [-0.15, -0.1) is 0 Å². The van der Waals surface area contributed by atoms with E-state index in [0.29, 0.717) is 25.3 Å². The van der Waals surface area contributed by atoms with Crippen LogP contribution in [0.4, 0.5) is 14.5 Å². The zero-order valence-corrected chi connectivity index (χ0v) is 15.8. The molecule has 6 nitrogen and oxygen atoms in total. The summed E-state index contributed by atoms with van der Waals surface area (Å²) in [5.74, 6) is -1.30. The van der Waals surface area contributed by atoms with E-state index in [-0.39, 0.29) is 25.3 Å². The summed E-state index contributed by atoms with van der Waals surface area (Å²) in [4.78, 5) is 29.7. The summed E-state index contributed by atoms with van der Waals surface area (Å²) in [7, 11) is 0. The quantitative estimate of drug-likeness (QED) is 0.789. The second-order valence-corrected chi connectivity index (χ2v) is 7.89. The van der Waals surface area contributed by atoms with Gasteiger partial charge in [0, 0.05) is 18.8 Å². The Bertz CT molecular complexity index is 729. The van der Waals surface area contributed by atoms with Crippen LogP contribution < -0.4 is 4.90 Å². The van der Waals surface area contributed by atoms with E-state index in [4.69, 9.17) is 4.74 Å². The number of likely N-dealkylation sites (tertiary alicyclic amines) is 2. The first kappa shape index (κ1) is 19.3. The molecule has 0 radical (unpaired) electrons. The molecule has 0 aromatic heterocycles. The molecule has 1 aromatic rings. The Labute approximate surface area is 163 Å². The van der Waals surface area contributed by atoms with Gasteiger partial charge in [0.25, 0.3) is 0 Å². The van der Waals surface area contributed by atoms with E-state index in [2.05, 4.69) is 4.90 Å². The summed E-state index contributed by atoms with van der Waals surface area (Å²) in [6.07, 6.45) is -1.07. The lowest BCUT2D eigenvalue weighted by Crippen LogP contribution is -2.65. The molecule has 1 aromatic carbocycles. The third kappa shape index (κ3) is 3.75. The van der Waals surface area contributed by atoms with Gasteiger partial charge in [0.15, 0.2) is 0 Å². The van der Waals surface area contributed by atoms with Crippen molar-refractivity contribution in [2.24, 2.45) is 0 Å². The molecule has 3 heterocycles. The number of nitrogens with zero attached hydrogens (tertiary/aromatic N) is 3. The first-order chi connectivity index (χ1) is 13.4. The van der Waals surface area contributed by atoms with Crippen molar-refractivity contribution in [2.45, 2.75) is 37.4 Å². The second kappa shape index (κ2) is 7.40. The van der Waals surface area contributed by atoms with Gasteiger partial charge in [0.2, 0.25) is 5.91 Å². The molecule has 0 N–H and O–H groups in total. The van der Waals surface area contributed by atoms with Crippen LogP contribution in [0.5, 0.6) is 0 Å². The number of para-hydroxylation sites is 1. The molecule has 4 rings (SSSR count). The Kier molecular flexibility index (Phi) is 5.09. The number of ether oxygens (including phenoxy) is 1. The van der Waals surface area contributed by atoms with Crippen LogP contribution in [-0.2, 0) is 14.3 Å². The molecule has 28 heavy (non-hydrogen) atoms. The SMILES string of the molecule is O=C(CN1CCCC1)N1CCC2(CC1)CN(c1ccccc1)C(=O)C(F)(F)O2. The summed E-state index contributed by atoms with van der Waals surface area (Å²) in [5, 5.41) is 0. The maximum Gasteiger partial charge on any atom is 0.437 e. The van der Waals surface area contributed by atoms with E-state index in [0.717, 1.165) is 30.8 Å². The predicted molar refractivity (Wildman–Crippen MR) is 99.0 cm³/mol. The minimum absolute atomic E-state index is 0.0373. The van der Waals surface area contributed by atoms with Gasteiger partial charge in [-0.25, -0.2) is 0 Å². The smallest absolute Gasteiger partial charge is 0.341 e. The minimum atomic E-state index is -3.87. The summed E-state index contributed by atoms with van der Waals surface area (Å²) < 4.78 is 33.8. The first-order valence-electron chi connectivity index (χ1n) is 9.84. The number of carbonyl (C=O) groups excluding carboxylic acids is 2. The summed E-state index contributed by atoms with van der Waals surface area (Å²) in [6, 6.07) is 8.47. The highest BCUT2D eigenvalue weighted by atomic mass is 19.3. The minimum Gasteiger partial charge on any atom is -0.341 e. The van der Waals surface area contributed by atoms with Crippen LogP contribution in [0.3, 0.4) is 0 Å². The van der Waals surface area contributed by atoms with Crippen LogP contribution in [0.2, 0.25) is 0 Å². The number of benzene rings is 1. The van der Waals surface area contributed by atoms with Gasteiger partial charge in [-0.2, -0.15) is 8.78 Å². The Balaban J connectivity index is 1.44. The molecule has 3 saturated heterocycles. The van der Waals surface area contributed by atoms with Crippen LogP contribution in [0.1, 0.15) is 25.7 Å². The predicted octanol–water partition coefficient (Wildman–Crippen LogP) is 2.10. The van der Waals surface area contributed by atoms with E-state index in [1.165, 1.54) is 0 Å². The number of hydrogen-bond donors (Lipinski definition) is 0. The van der Waals surface area contributed by atoms with Gasteiger partial charge in [0.05, 0.1) is 18.7 Å². The molecule has 0 unspecified atom stereocenters. The van der Waals surface area contributed by atoms with E-state index in [9.17, 15) is 18.4 Å². The molecule has 3 aliphatic rings. The van der Waals surface area contributed by atoms with E-state index in [1.54, 1.807) is 35.2 Å². The van der Waals surface area contributed by atoms with Crippen LogP contribution >= 0.6 is 0 Å². The number of morpholine rings is 1. The molecule has 0 saturated carbocycles. The average Bonchev–Trinajstić information content (AvgIpc) is 3.19. The van der Waals surface area contributed by atoms with Crippen molar-refractivity contribution in [2.75, 3.05) is 44.2 Å². The van der Waals surface area contributed by atoms with Crippen LogP contribution in [0, 0.1) is 0 Å². The van der Waals surface area contributed by atoms with Crippen molar-refractivity contribution < 1.29 is 23.1 Å². The average molecular weight is 393 g/mol. The van der Waals surface area contributed by atoms with Crippen molar-refractivity contribution in [3.8, 4) is 0 Å². The van der Waals surface area contributed by atoms with Crippen LogP contribution in [-0.4, -0.2) is 72.6 Å². The van der Waals surface area contributed by atoms with Gasteiger partial charge in [-0.3, -0.25) is 14.5 Å². The zero-order chi connectivity index (χ0) is 19.8. The monoisotopic (exact) mass is 393 g/mol. The number of amides is 2. The van der Waals surface area contributed by atoms with Crippen LogP contribution in [0.25, 0.3) is 0 Å². The fraction of sp³-hybridized carbons (Fsp3) is 0.600. The second-order valence-electron chi connectivity index (χ2n) is 7.89. The van der Waals surface area contributed by atoms with Gasteiger partial charge >= 0.3 is 12.0 Å². The number of anilines is 1. The highest BCUT2D eigenvalue weighted by molar-refractivity contribution is 5.98. The lowest BCUT2D eigenvalue weighted by atomic mass is 9.88. The molecular weight excluding hydrogens is 368 g/mol. The van der Waals surface area contributed by atoms with Crippen molar-refractivity contribution in [3.63, 3.8) is 0 Å². The highest BCUT2D eigenvalue weighted by Gasteiger charge is 2.57. The van der Waals surface area contributed by atoms with Gasteiger partial charge in [0.1, 0.15) is 0 Å². The largest absolute Gasteiger partial charge is 0.437 e. The number of piperidine rings is 1. The fourth-order valence-electron chi connectivity index (χ4n) is 4.34. The van der Waals surface area contributed by atoms with E-state index in [1.807, 2.05) is 0 Å². The lowest BCUT2D eigenvalue weighted by Gasteiger charge is -2.48. The van der Waals surface area contributed by atoms with Gasteiger partial charge in [-0.1, -0.05) is 18.2 Å². The molecule has 152 valence electrons. The lowest BCUT2D eigenvalue weighted by molar-refractivity contribution is -0.292. The third-order valence-electron chi connectivity index (χ3n) is 5.94. The standard InChI is InChI=1S/C20H25F2N3O3/c21-20(22)18(27)25(16-6-2-1-3-7-16)15-19(28-20)8-12-24(13-9-19)17(26)14-23-10-4-5-11-23/h1-3,6-7H,4-5,8-15H2. The molecule has 0 bridgehead atoms. The maximum absolute atomic E-state index is 14.4. The molecule has 3 fully saturated rings. The molecule has 1 spiro atoms. The first-order valence-corrected chi connectivity index (χ1v) is 9.84. The Morgan fingerprint density at radius 3 is 2.32 bits per heavy atom. The Morgan fingerprint density at radius 2 is 1.68 bits per heavy atom. The Morgan fingerprint density at radius 1 is 1.04 bits per heavy atom. The van der Waals surface area contributed by atoms with Crippen molar-refractivity contribution in [1.29, 1.82) is 0 Å². The zero-order valence-electron chi connectivity index (χ0n) is 15.8. The normalized spacial score (nSPS) is 24.7. The van der Waals surface area contributed by atoms with Crippen molar-refractivity contribution in [1.82, 2.24) is 9.80 Å². The van der Waals surface area contributed by atoms with E-state index >= 15 is 0 Å². The van der Waals surface area contributed by atoms with E-state index < -0.39 is 17.6 Å². The van der Waals surface area contributed by atoms with Gasteiger partial charge < -0.3 is 14.5 Å². The molecule has 8 heteroatoms. The van der Waals surface area contributed by atoms with Crippen molar-refractivity contribution in [3.05, 3.63) is 30.3 Å². The molecule has 0 atom stereocenters. The summed E-state index contributed by atoms with van der Waals surface area (Å²) >= 11 is 0. The molecule has 3 aliphatic heterocycles. The topological polar surface area (TPSA) is 53.1 Å². The number of carbonyl (C=O) groups is 2. The van der Waals surface area contributed by atoms with Crippen molar-refractivity contribution >= 4 is 17.5 Å². The maximum atomic E-state index is 14.4. The number of alkyl halides is 2. The molecule has 0 aliphatic carbocycles. The molecule has 2 amide bonds. The third-order valence-corrected chi connectivity index (χ3v) is 5.94. The summed E-state index contributed by atoms with van der Waals surface area (Å²) in [6.45, 7) is 3.05. The number of hydrogen-bond acceptors (Lipinski definition) is 4. The highest BCUT2D eigenvalue weighted by Crippen LogP contribution is 2.40. The molecular formula is C20H25F2N3O3. The fourth-order valence-corrected chi connectivity index (χ4v) is 4.34. The summed E-state index contributed by atoms with van der Waals surface area (Å²) in [5.41, 5.74) is -0.708. The van der Waals surface area contributed by atoms with Gasteiger partial charge in [-0.05, 0) is 50.9 Å². The number of halogens is 2. The van der Waals surface area contributed by atoms with Crippen LogP contribution in [0.15, 0.2) is 30.3 Å².